The lowest BCUT2D eigenvalue weighted by Crippen LogP contribution is -2.33. The van der Waals surface area contributed by atoms with E-state index in [9.17, 15) is 0 Å². The normalized spacial score (nSPS) is 13.9. The van der Waals surface area contributed by atoms with Gasteiger partial charge in [-0.15, -0.1) is 0 Å². The number of aromatic nitrogens is 2. The molecule has 0 aromatic carbocycles. The summed E-state index contributed by atoms with van der Waals surface area (Å²) < 4.78 is 0. The van der Waals surface area contributed by atoms with Crippen molar-refractivity contribution in [3.63, 3.8) is 0 Å². The molecule has 3 heteroatoms. The molecular formula is C12H21N3. The van der Waals surface area contributed by atoms with Crippen molar-refractivity contribution < 1.29 is 0 Å². The number of hydrogen-bond acceptors (Lipinski definition) is 3. The molecule has 1 atom stereocenters. The van der Waals surface area contributed by atoms with E-state index in [2.05, 4.69) is 43.0 Å². The summed E-state index contributed by atoms with van der Waals surface area (Å²) in [6, 6.07) is 0.519. The van der Waals surface area contributed by atoms with Crippen LogP contribution in [0.2, 0.25) is 0 Å². The third-order valence-electron chi connectivity index (χ3n) is 2.71. The molecule has 1 unspecified atom stereocenters. The zero-order valence-electron chi connectivity index (χ0n) is 10.1. The van der Waals surface area contributed by atoms with Gasteiger partial charge in [0.1, 0.15) is 6.33 Å². The SMILES string of the molecule is CCNC(C)CC(C)(C)c1cncnc1. The average molecular weight is 207 g/mol. The van der Waals surface area contributed by atoms with Gasteiger partial charge in [-0.3, -0.25) is 0 Å². The third kappa shape index (κ3) is 3.59. The molecule has 0 saturated heterocycles. The summed E-state index contributed by atoms with van der Waals surface area (Å²) in [6.45, 7) is 9.84. The Labute approximate surface area is 92.3 Å². The third-order valence-corrected chi connectivity index (χ3v) is 2.71. The van der Waals surface area contributed by atoms with Crippen LogP contribution in [0.15, 0.2) is 18.7 Å². The zero-order valence-corrected chi connectivity index (χ0v) is 10.1. The highest BCUT2D eigenvalue weighted by atomic mass is 14.9. The number of rotatable bonds is 5. The van der Waals surface area contributed by atoms with E-state index in [0.717, 1.165) is 13.0 Å². The summed E-state index contributed by atoms with van der Waals surface area (Å²) in [5.74, 6) is 0. The van der Waals surface area contributed by atoms with Crippen LogP contribution in [0.4, 0.5) is 0 Å². The highest BCUT2D eigenvalue weighted by molar-refractivity contribution is 5.16. The van der Waals surface area contributed by atoms with Crippen molar-refractivity contribution in [1.82, 2.24) is 15.3 Å². The predicted octanol–water partition coefficient (Wildman–Crippen LogP) is 2.14. The molecule has 0 spiro atoms. The Hall–Kier alpha value is -0.960. The van der Waals surface area contributed by atoms with Crippen molar-refractivity contribution in [3.8, 4) is 0 Å². The molecule has 0 saturated carbocycles. The standard InChI is InChI=1S/C12H21N3/c1-5-15-10(2)6-12(3,4)11-7-13-9-14-8-11/h7-10,15H,5-6H2,1-4H3. The van der Waals surface area contributed by atoms with Gasteiger partial charge in [0.05, 0.1) is 0 Å². The quantitative estimate of drug-likeness (QED) is 0.804. The topological polar surface area (TPSA) is 37.8 Å². The summed E-state index contributed by atoms with van der Waals surface area (Å²) >= 11 is 0. The lowest BCUT2D eigenvalue weighted by Gasteiger charge is -2.28. The predicted molar refractivity (Wildman–Crippen MR) is 62.8 cm³/mol. The van der Waals surface area contributed by atoms with Crippen LogP contribution < -0.4 is 5.32 Å². The van der Waals surface area contributed by atoms with E-state index in [0.29, 0.717) is 6.04 Å². The first kappa shape index (κ1) is 12.1. The summed E-state index contributed by atoms with van der Waals surface area (Å²) in [7, 11) is 0. The molecule has 0 radical (unpaired) electrons. The molecule has 0 fully saturated rings. The van der Waals surface area contributed by atoms with Crippen LogP contribution in [0.3, 0.4) is 0 Å². The van der Waals surface area contributed by atoms with Gasteiger partial charge in [-0.2, -0.15) is 0 Å². The van der Waals surface area contributed by atoms with Crippen molar-refractivity contribution in [1.29, 1.82) is 0 Å². The number of nitrogens with one attached hydrogen (secondary N) is 1. The van der Waals surface area contributed by atoms with Crippen LogP contribution in [0.5, 0.6) is 0 Å². The Morgan fingerprint density at radius 2 is 1.93 bits per heavy atom. The van der Waals surface area contributed by atoms with E-state index < -0.39 is 0 Å². The molecule has 0 aliphatic rings. The fraction of sp³-hybridized carbons (Fsp3) is 0.667. The fourth-order valence-electron chi connectivity index (χ4n) is 1.95. The lowest BCUT2D eigenvalue weighted by atomic mass is 9.81. The Kier molecular flexibility index (Phi) is 4.21. The average Bonchev–Trinajstić information content (AvgIpc) is 2.18. The maximum absolute atomic E-state index is 4.07. The monoisotopic (exact) mass is 207 g/mol. The first-order valence-corrected chi connectivity index (χ1v) is 5.55. The van der Waals surface area contributed by atoms with E-state index in [4.69, 9.17) is 0 Å². The van der Waals surface area contributed by atoms with Crippen molar-refractivity contribution in [2.24, 2.45) is 0 Å². The van der Waals surface area contributed by atoms with E-state index in [1.54, 1.807) is 6.33 Å². The maximum Gasteiger partial charge on any atom is 0.115 e. The minimum atomic E-state index is 0.128. The summed E-state index contributed by atoms with van der Waals surface area (Å²) in [5, 5.41) is 3.43. The molecule has 1 aromatic heterocycles. The molecule has 15 heavy (non-hydrogen) atoms. The lowest BCUT2D eigenvalue weighted by molar-refractivity contribution is 0.392. The molecule has 0 amide bonds. The molecule has 0 bridgehead atoms. The van der Waals surface area contributed by atoms with Gasteiger partial charge in [0.15, 0.2) is 0 Å². The Morgan fingerprint density at radius 1 is 1.33 bits per heavy atom. The van der Waals surface area contributed by atoms with Crippen molar-refractivity contribution in [2.75, 3.05) is 6.54 Å². The van der Waals surface area contributed by atoms with Crippen LogP contribution in [0.25, 0.3) is 0 Å². The van der Waals surface area contributed by atoms with Gasteiger partial charge in [0.2, 0.25) is 0 Å². The van der Waals surface area contributed by atoms with E-state index in [1.165, 1.54) is 5.56 Å². The van der Waals surface area contributed by atoms with Gasteiger partial charge >= 0.3 is 0 Å². The van der Waals surface area contributed by atoms with Crippen LogP contribution in [-0.2, 0) is 5.41 Å². The Bertz CT molecular complexity index is 282. The molecule has 84 valence electrons. The molecule has 1 aromatic rings. The molecule has 3 nitrogen and oxygen atoms in total. The van der Waals surface area contributed by atoms with Gasteiger partial charge in [-0.1, -0.05) is 20.8 Å². The molecular weight excluding hydrogens is 186 g/mol. The molecule has 0 aliphatic heterocycles. The highest BCUT2D eigenvalue weighted by Crippen LogP contribution is 2.26. The van der Waals surface area contributed by atoms with Crippen molar-refractivity contribution in [2.45, 2.75) is 45.6 Å². The summed E-state index contributed by atoms with van der Waals surface area (Å²) in [6.07, 6.45) is 6.48. The minimum absolute atomic E-state index is 0.128. The first-order valence-electron chi connectivity index (χ1n) is 5.55. The van der Waals surface area contributed by atoms with Crippen molar-refractivity contribution in [3.05, 3.63) is 24.3 Å². The van der Waals surface area contributed by atoms with E-state index in [1.807, 2.05) is 12.4 Å². The van der Waals surface area contributed by atoms with Crippen LogP contribution >= 0.6 is 0 Å². The summed E-state index contributed by atoms with van der Waals surface area (Å²) in [5.41, 5.74) is 1.33. The van der Waals surface area contributed by atoms with Crippen molar-refractivity contribution >= 4 is 0 Å². The first-order chi connectivity index (χ1) is 7.06. The number of hydrogen-bond donors (Lipinski definition) is 1. The maximum atomic E-state index is 4.07. The van der Waals surface area contributed by atoms with Gasteiger partial charge in [0, 0.05) is 18.4 Å². The second-order valence-electron chi connectivity index (χ2n) is 4.67. The van der Waals surface area contributed by atoms with Gasteiger partial charge in [-0.05, 0) is 30.9 Å². The van der Waals surface area contributed by atoms with E-state index >= 15 is 0 Å². The van der Waals surface area contributed by atoms with Crippen LogP contribution in [-0.4, -0.2) is 22.6 Å². The highest BCUT2D eigenvalue weighted by Gasteiger charge is 2.23. The molecule has 1 rings (SSSR count). The van der Waals surface area contributed by atoms with Gasteiger partial charge < -0.3 is 5.32 Å². The summed E-state index contributed by atoms with van der Waals surface area (Å²) in [4.78, 5) is 8.15. The van der Waals surface area contributed by atoms with Gasteiger partial charge in [0.25, 0.3) is 0 Å². The number of nitrogens with zero attached hydrogens (tertiary/aromatic N) is 2. The largest absolute Gasteiger partial charge is 0.315 e. The smallest absolute Gasteiger partial charge is 0.115 e. The minimum Gasteiger partial charge on any atom is -0.315 e. The Morgan fingerprint density at radius 3 is 2.47 bits per heavy atom. The fourth-order valence-corrected chi connectivity index (χ4v) is 1.95. The second-order valence-corrected chi connectivity index (χ2v) is 4.67. The van der Waals surface area contributed by atoms with Crippen LogP contribution in [0, 0.1) is 0 Å². The van der Waals surface area contributed by atoms with Crippen LogP contribution in [0.1, 0.15) is 39.7 Å². The Balaban J connectivity index is 2.67. The molecule has 0 aliphatic carbocycles. The zero-order chi connectivity index (χ0) is 11.3. The molecule has 1 heterocycles. The second kappa shape index (κ2) is 5.21. The van der Waals surface area contributed by atoms with E-state index in [-0.39, 0.29) is 5.41 Å². The molecule has 1 N–H and O–H groups in total. The van der Waals surface area contributed by atoms with Gasteiger partial charge in [-0.25, -0.2) is 9.97 Å².